The maximum Gasteiger partial charge on any atom is 0.302 e. The Labute approximate surface area is 226 Å². The third kappa shape index (κ3) is 10.0. The van der Waals surface area contributed by atoms with Crippen LogP contribution in [0, 0.1) is 5.92 Å². The maximum atomic E-state index is 11.6. The number of hydrogen-bond acceptors (Lipinski definition) is 6. The Kier molecular flexibility index (Phi) is 12.2. The summed E-state index contributed by atoms with van der Waals surface area (Å²) in [7, 11) is 1.55. The third-order valence-corrected chi connectivity index (χ3v) is 7.03. The molecular weight excluding hydrogens is 488 g/mol. The molecule has 0 radical (unpaired) electrons. The first kappa shape index (κ1) is 29.0. The van der Waals surface area contributed by atoms with Gasteiger partial charge in [-0.25, -0.2) is 0 Å². The Balaban J connectivity index is 1.50. The van der Waals surface area contributed by atoms with Crippen molar-refractivity contribution in [2.45, 2.75) is 64.9 Å². The van der Waals surface area contributed by atoms with Crippen LogP contribution in [0.5, 0.6) is 5.75 Å². The first-order chi connectivity index (χ1) is 18.0. The number of carbonyl (C=O) groups is 1. The number of hydrogen-bond donors (Lipinski definition) is 0. The summed E-state index contributed by atoms with van der Waals surface area (Å²) in [4.78, 5) is 19.1. The van der Waals surface area contributed by atoms with Gasteiger partial charge in [0.25, 0.3) is 0 Å². The zero-order valence-corrected chi connectivity index (χ0v) is 23.2. The molecule has 0 N–H and O–H groups in total. The second-order valence-electron chi connectivity index (χ2n) is 9.79. The first-order valence-electron chi connectivity index (χ1n) is 13.5. The molecule has 0 spiro atoms. The lowest BCUT2D eigenvalue weighted by Gasteiger charge is -2.34. The lowest BCUT2D eigenvalue weighted by Crippen LogP contribution is -2.41. The summed E-state index contributed by atoms with van der Waals surface area (Å²) in [5, 5.41) is 4.92. The minimum Gasteiger partial charge on any atom is -0.493 e. The van der Waals surface area contributed by atoms with E-state index in [0.717, 1.165) is 67.9 Å². The number of esters is 1. The van der Waals surface area contributed by atoms with E-state index in [0.29, 0.717) is 17.5 Å². The van der Waals surface area contributed by atoms with Gasteiger partial charge in [-0.05, 0) is 69.0 Å². The van der Waals surface area contributed by atoms with Gasteiger partial charge >= 0.3 is 5.97 Å². The summed E-state index contributed by atoms with van der Waals surface area (Å²) in [5.74, 6) is 1.14. The van der Waals surface area contributed by atoms with Crippen molar-refractivity contribution in [2.24, 2.45) is 11.1 Å². The lowest BCUT2D eigenvalue weighted by molar-refractivity contribution is -0.147. The zero-order valence-electron chi connectivity index (χ0n) is 22.5. The fourth-order valence-electron chi connectivity index (χ4n) is 4.76. The van der Waals surface area contributed by atoms with Crippen molar-refractivity contribution >= 4 is 23.3 Å². The molecule has 0 aromatic heterocycles. The number of oxime groups is 1. The van der Waals surface area contributed by atoms with E-state index in [1.807, 2.05) is 48.5 Å². The van der Waals surface area contributed by atoms with Crippen molar-refractivity contribution in [3.05, 3.63) is 64.7 Å². The Hall–Kier alpha value is -2.57. The van der Waals surface area contributed by atoms with Crippen LogP contribution >= 0.6 is 11.6 Å². The molecule has 2 aromatic rings. The molecule has 37 heavy (non-hydrogen) atoms. The number of benzene rings is 2. The highest BCUT2D eigenvalue weighted by Gasteiger charge is 2.23. The quantitative estimate of drug-likeness (QED) is 0.118. The van der Waals surface area contributed by atoms with Crippen LogP contribution < -0.4 is 4.74 Å². The standard InChI is InChI=1S/C30H41ClN2O4/c1-4-5-6-7-10-29(37-23(2)34)21-33-18-16-24(17-19-33)22-36-28-11-8-9-26(20-28)30(32-35-3)25-12-14-27(31)15-13-25/h8-9,11-15,20,24,29H,4-7,10,16-19,21-22H2,1-3H3/b32-30+/t29-/m1/s1. The van der Waals surface area contributed by atoms with Gasteiger partial charge in [-0.3, -0.25) is 9.69 Å². The van der Waals surface area contributed by atoms with Crippen LogP contribution in [0.2, 0.25) is 5.02 Å². The molecule has 0 amide bonds. The number of nitrogens with zero attached hydrogens (tertiary/aromatic N) is 2. The Morgan fingerprint density at radius 2 is 1.84 bits per heavy atom. The van der Waals surface area contributed by atoms with Gasteiger partial charge < -0.3 is 14.3 Å². The van der Waals surface area contributed by atoms with Crippen LogP contribution in [0.15, 0.2) is 53.7 Å². The second kappa shape index (κ2) is 15.6. The van der Waals surface area contributed by atoms with Gasteiger partial charge in [0.15, 0.2) is 0 Å². The molecule has 1 saturated heterocycles. The summed E-state index contributed by atoms with van der Waals surface area (Å²) < 4.78 is 11.8. The predicted molar refractivity (Wildman–Crippen MR) is 150 cm³/mol. The highest BCUT2D eigenvalue weighted by atomic mass is 35.5. The zero-order chi connectivity index (χ0) is 26.5. The molecule has 0 unspecified atom stereocenters. The van der Waals surface area contributed by atoms with Gasteiger partial charge in [0.2, 0.25) is 0 Å². The molecule has 7 heteroatoms. The van der Waals surface area contributed by atoms with Crippen LogP contribution in [0.25, 0.3) is 0 Å². The Morgan fingerprint density at radius 3 is 2.51 bits per heavy atom. The second-order valence-corrected chi connectivity index (χ2v) is 10.2. The molecule has 1 fully saturated rings. The van der Waals surface area contributed by atoms with Gasteiger partial charge in [-0.1, -0.05) is 67.2 Å². The molecule has 2 aromatic carbocycles. The molecule has 202 valence electrons. The highest BCUT2D eigenvalue weighted by Crippen LogP contribution is 2.23. The van der Waals surface area contributed by atoms with Gasteiger partial charge in [0.05, 0.1) is 6.61 Å². The van der Waals surface area contributed by atoms with Crippen molar-refractivity contribution in [2.75, 3.05) is 33.4 Å². The van der Waals surface area contributed by atoms with E-state index in [1.165, 1.54) is 26.2 Å². The average molecular weight is 529 g/mol. The van der Waals surface area contributed by atoms with E-state index in [1.54, 1.807) is 7.11 Å². The molecule has 1 heterocycles. The van der Waals surface area contributed by atoms with Gasteiger partial charge in [-0.15, -0.1) is 0 Å². The van der Waals surface area contributed by atoms with Crippen LogP contribution in [0.1, 0.15) is 69.9 Å². The molecule has 1 atom stereocenters. The Bertz CT molecular complexity index is 987. The molecular formula is C30H41ClN2O4. The van der Waals surface area contributed by atoms with Crippen LogP contribution in [0.4, 0.5) is 0 Å². The van der Waals surface area contributed by atoms with E-state index < -0.39 is 0 Å². The molecule has 0 saturated carbocycles. The van der Waals surface area contributed by atoms with Crippen molar-refractivity contribution in [1.29, 1.82) is 0 Å². The molecule has 1 aliphatic heterocycles. The third-order valence-electron chi connectivity index (χ3n) is 6.77. The number of halogens is 1. The number of rotatable bonds is 14. The van der Waals surface area contributed by atoms with E-state index in [9.17, 15) is 4.79 Å². The molecule has 0 aliphatic carbocycles. The molecule has 6 nitrogen and oxygen atoms in total. The van der Waals surface area contributed by atoms with Crippen LogP contribution in [0.3, 0.4) is 0 Å². The molecule has 1 aliphatic rings. The minimum absolute atomic E-state index is 0.00602. The molecule has 0 bridgehead atoms. The number of ether oxygens (including phenoxy) is 2. The molecule has 3 rings (SSSR count). The van der Waals surface area contributed by atoms with Crippen LogP contribution in [-0.4, -0.2) is 56.0 Å². The minimum atomic E-state index is -0.180. The highest BCUT2D eigenvalue weighted by molar-refractivity contribution is 6.30. The summed E-state index contributed by atoms with van der Waals surface area (Å²) in [6, 6.07) is 15.5. The average Bonchev–Trinajstić information content (AvgIpc) is 2.90. The summed E-state index contributed by atoms with van der Waals surface area (Å²) in [6.45, 7) is 7.23. The fourth-order valence-corrected chi connectivity index (χ4v) is 4.89. The number of piperidine rings is 1. The van der Waals surface area contributed by atoms with Gasteiger partial charge in [0.1, 0.15) is 24.7 Å². The Morgan fingerprint density at radius 1 is 1.08 bits per heavy atom. The van der Waals surface area contributed by atoms with E-state index >= 15 is 0 Å². The maximum absolute atomic E-state index is 11.6. The van der Waals surface area contributed by atoms with Crippen molar-refractivity contribution in [3.63, 3.8) is 0 Å². The van der Waals surface area contributed by atoms with Crippen molar-refractivity contribution < 1.29 is 19.1 Å². The van der Waals surface area contributed by atoms with Crippen molar-refractivity contribution in [3.8, 4) is 5.75 Å². The SMILES string of the molecule is CCCCCC[C@H](CN1CCC(COc2cccc(/C(=N/OC)c3ccc(Cl)cc3)c2)CC1)OC(C)=O. The monoisotopic (exact) mass is 528 g/mol. The lowest BCUT2D eigenvalue weighted by atomic mass is 9.97. The number of unbranched alkanes of at least 4 members (excludes halogenated alkanes) is 3. The van der Waals surface area contributed by atoms with E-state index in [4.69, 9.17) is 25.9 Å². The van der Waals surface area contributed by atoms with Gasteiger partial charge in [0, 0.05) is 29.6 Å². The van der Waals surface area contributed by atoms with E-state index in [-0.39, 0.29) is 12.1 Å². The normalized spacial score (nSPS) is 15.8. The summed E-state index contributed by atoms with van der Waals surface area (Å²) in [5.41, 5.74) is 2.58. The summed E-state index contributed by atoms with van der Waals surface area (Å²) >= 11 is 6.05. The summed E-state index contributed by atoms with van der Waals surface area (Å²) in [6.07, 6.45) is 7.85. The topological polar surface area (TPSA) is 60.4 Å². The smallest absolute Gasteiger partial charge is 0.302 e. The van der Waals surface area contributed by atoms with E-state index in [2.05, 4.69) is 17.0 Å². The van der Waals surface area contributed by atoms with Gasteiger partial charge in [-0.2, -0.15) is 0 Å². The van der Waals surface area contributed by atoms with Crippen molar-refractivity contribution in [1.82, 2.24) is 4.90 Å². The number of likely N-dealkylation sites (tertiary alicyclic amines) is 1. The van der Waals surface area contributed by atoms with Crippen LogP contribution in [-0.2, 0) is 14.4 Å². The largest absolute Gasteiger partial charge is 0.493 e. The predicted octanol–water partition coefficient (Wildman–Crippen LogP) is 6.73. The first-order valence-corrected chi connectivity index (χ1v) is 13.9. The fraction of sp³-hybridized carbons (Fsp3) is 0.533. The number of carbonyl (C=O) groups excluding carboxylic acids is 1.